The van der Waals surface area contributed by atoms with Crippen molar-refractivity contribution >= 4 is 11.8 Å². The molecule has 0 spiro atoms. The number of hydrogen-bond acceptors (Lipinski definition) is 6. The molecular formula is C20H24N2O6. The lowest BCUT2D eigenvalue weighted by Gasteiger charge is -2.16. The molecule has 2 amide bonds. The molecule has 1 N–H and O–H groups in total. The molecule has 150 valence electrons. The molecule has 0 saturated carbocycles. The van der Waals surface area contributed by atoms with Crippen molar-refractivity contribution in [1.82, 2.24) is 10.2 Å². The fraction of sp³-hybridized carbons (Fsp3) is 0.400. The van der Waals surface area contributed by atoms with E-state index >= 15 is 0 Å². The van der Waals surface area contributed by atoms with Crippen molar-refractivity contribution in [3.63, 3.8) is 0 Å². The van der Waals surface area contributed by atoms with Crippen LogP contribution in [0.15, 0.2) is 34.9 Å². The van der Waals surface area contributed by atoms with Gasteiger partial charge in [0.05, 0.1) is 40.1 Å². The first-order valence-electron chi connectivity index (χ1n) is 8.92. The Labute approximate surface area is 163 Å². The molecule has 1 aliphatic heterocycles. The molecule has 2 heterocycles. The van der Waals surface area contributed by atoms with Gasteiger partial charge in [-0.3, -0.25) is 9.59 Å². The summed E-state index contributed by atoms with van der Waals surface area (Å²) in [7, 11) is 4.61. The van der Waals surface area contributed by atoms with Crippen molar-refractivity contribution in [2.45, 2.75) is 19.5 Å². The second kappa shape index (κ2) is 8.69. The number of carbonyl (C=O) groups is 2. The standard InChI is InChI=1S/C20H24N2O6/c1-25-16-7-13(8-17(26-2)19(16)27-3)10-21-20(24)14-9-18(23)22(11-14)12-15-5-4-6-28-15/h4-8,14H,9-12H2,1-3H3,(H,21,24)/t14-/m1/s1. The maximum absolute atomic E-state index is 12.5. The van der Waals surface area contributed by atoms with Gasteiger partial charge in [0.1, 0.15) is 5.76 Å². The van der Waals surface area contributed by atoms with E-state index in [2.05, 4.69) is 5.32 Å². The van der Waals surface area contributed by atoms with Gasteiger partial charge in [0.15, 0.2) is 11.5 Å². The Morgan fingerprint density at radius 1 is 1.21 bits per heavy atom. The van der Waals surface area contributed by atoms with Crippen LogP contribution in [0.5, 0.6) is 17.2 Å². The number of furan rings is 1. The summed E-state index contributed by atoms with van der Waals surface area (Å²) in [5.74, 6) is 1.64. The lowest BCUT2D eigenvalue weighted by Crippen LogP contribution is -2.32. The van der Waals surface area contributed by atoms with Crippen LogP contribution >= 0.6 is 0 Å². The summed E-state index contributed by atoms with van der Waals surface area (Å²) < 4.78 is 21.2. The lowest BCUT2D eigenvalue weighted by molar-refractivity contribution is -0.129. The molecule has 0 aliphatic carbocycles. The molecule has 8 heteroatoms. The summed E-state index contributed by atoms with van der Waals surface area (Å²) >= 11 is 0. The summed E-state index contributed by atoms with van der Waals surface area (Å²) in [6.45, 7) is 1.04. The molecule has 8 nitrogen and oxygen atoms in total. The first-order chi connectivity index (χ1) is 13.5. The summed E-state index contributed by atoms with van der Waals surface area (Å²) in [4.78, 5) is 26.4. The SMILES string of the molecule is COc1cc(CNC(=O)[C@@H]2CC(=O)N(Cc3ccco3)C2)cc(OC)c1OC. The van der Waals surface area contributed by atoms with Gasteiger partial charge in [-0.1, -0.05) is 0 Å². The maximum atomic E-state index is 12.5. The topological polar surface area (TPSA) is 90.2 Å². The van der Waals surface area contributed by atoms with Gasteiger partial charge in [-0.2, -0.15) is 0 Å². The zero-order valence-electron chi connectivity index (χ0n) is 16.2. The Hall–Kier alpha value is -3.16. The van der Waals surface area contributed by atoms with Crippen LogP contribution < -0.4 is 19.5 Å². The fourth-order valence-corrected chi connectivity index (χ4v) is 3.26. The molecule has 28 heavy (non-hydrogen) atoms. The number of nitrogens with one attached hydrogen (secondary N) is 1. The quantitative estimate of drug-likeness (QED) is 0.744. The molecule has 3 rings (SSSR count). The normalized spacial score (nSPS) is 16.2. The monoisotopic (exact) mass is 388 g/mol. The average Bonchev–Trinajstić information content (AvgIpc) is 3.35. The molecule has 2 aromatic rings. The molecule has 0 radical (unpaired) electrons. The number of rotatable bonds is 8. The highest BCUT2D eigenvalue weighted by atomic mass is 16.5. The largest absolute Gasteiger partial charge is 0.493 e. The Kier molecular flexibility index (Phi) is 6.08. The van der Waals surface area contributed by atoms with E-state index in [0.717, 1.165) is 5.56 Å². The summed E-state index contributed by atoms with van der Waals surface area (Å²) in [6, 6.07) is 7.15. The molecule has 1 aromatic carbocycles. The predicted molar refractivity (Wildman–Crippen MR) is 100 cm³/mol. The van der Waals surface area contributed by atoms with E-state index < -0.39 is 0 Å². The summed E-state index contributed by atoms with van der Waals surface area (Å²) in [5.41, 5.74) is 0.805. The van der Waals surface area contributed by atoms with Crippen LogP contribution in [0, 0.1) is 5.92 Å². The third kappa shape index (κ3) is 4.21. The number of amides is 2. The van der Waals surface area contributed by atoms with E-state index in [-0.39, 0.29) is 24.2 Å². The number of ether oxygens (including phenoxy) is 3. The van der Waals surface area contributed by atoms with Crippen LogP contribution in [0.1, 0.15) is 17.7 Å². The minimum atomic E-state index is -0.385. The second-order valence-electron chi connectivity index (χ2n) is 6.51. The Morgan fingerprint density at radius 2 is 1.93 bits per heavy atom. The van der Waals surface area contributed by atoms with Gasteiger partial charge in [0.2, 0.25) is 17.6 Å². The molecule has 1 aliphatic rings. The van der Waals surface area contributed by atoms with Crippen molar-refractivity contribution < 1.29 is 28.2 Å². The fourth-order valence-electron chi connectivity index (χ4n) is 3.26. The highest BCUT2D eigenvalue weighted by Gasteiger charge is 2.34. The van der Waals surface area contributed by atoms with E-state index in [0.29, 0.717) is 42.6 Å². The van der Waals surface area contributed by atoms with Crippen molar-refractivity contribution in [2.24, 2.45) is 5.92 Å². The third-order valence-electron chi connectivity index (χ3n) is 4.70. The highest BCUT2D eigenvalue weighted by Crippen LogP contribution is 2.38. The van der Waals surface area contributed by atoms with Gasteiger partial charge in [-0.15, -0.1) is 0 Å². The average molecular weight is 388 g/mol. The van der Waals surface area contributed by atoms with Gasteiger partial charge in [-0.25, -0.2) is 0 Å². The number of hydrogen-bond donors (Lipinski definition) is 1. The van der Waals surface area contributed by atoms with Crippen LogP contribution in [-0.4, -0.2) is 44.6 Å². The first kappa shape index (κ1) is 19.6. The zero-order chi connectivity index (χ0) is 20.1. The Bertz CT molecular complexity index is 808. The Balaban J connectivity index is 1.60. The molecule has 0 bridgehead atoms. The number of likely N-dealkylation sites (tertiary alicyclic amines) is 1. The second-order valence-corrected chi connectivity index (χ2v) is 6.51. The van der Waals surface area contributed by atoms with Crippen molar-refractivity contribution in [2.75, 3.05) is 27.9 Å². The van der Waals surface area contributed by atoms with Crippen LogP contribution in [0.25, 0.3) is 0 Å². The number of benzene rings is 1. The zero-order valence-corrected chi connectivity index (χ0v) is 16.2. The lowest BCUT2D eigenvalue weighted by atomic mass is 10.1. The van der Waals surface area contributed by atoms with Gasteiger partial charge < -0.3 is 28.8 Å². The molecule has 1 saturated heterocycles. The minimum Gasteiger partial charge on any atom is -0.493 e. The predicted octanol–water partition coefficient (Wildman–Crippen LogP) is 1.97. The number of nitrogens with zero attached hydrogens (tertiary/aromatic N) is 1. The van der Waals surface area contributed by atoms with E-state index in [4.69, 9.17) is 18.6 Å². The number of carbonyl (C=O) groups excluding carboxylic acids is 2. The van der Waals surface area contributed by atoms with Crippen molar-refractivity contribution in [3.05, 3.63) is 41.9 Å². The van der Waals surface area contributed by atoms with Gasteiger partial charge >= 0.3 is 0 Å². The number of methoxy groups -OCH3 is 3. The van der Waals surface area contributed by atoms with Crippen molar-refractivity contribution in [1.29, 1.82) is 0 Å². The van der Waals surface area contributed by atoms with Crippen molar-refractivity contribution in [3.8, 4) is 17.2 Å². The van der Waals surface area contributed by atoms with E-state index in [1.54, 1.807) is 29.4 Å². The van der Waals surface area contributed by atoms with Gasteiger partial charge in [0.25, 0.3) is 0 Å². The van der Waals surface area contributed by atoms with Crippen LogP contribution in [-0.2, 0) is 22.7 Å². The minimum absolute atomic E-state index is 0.0515. The molecule has 1 fully saturated rings. The smallest absolute Gasteiger partial charge is 0.225 e. The van der Waals surface area contributed by atoms with Gasteiger partial charge in [-0.05, 0) is 29.8 Å². The van der Waals surface area contributed by atoms with Crippen LogP contribution in [0.3, 0.4) is 0 Å². The van der Waals surface area contributed by atoms with E-state index in [1.165, 1.54) is 21.3 Å². The van der Waals surface area contributed by atoms with E-state index in [9.17, 15) is 9.59 Å². The van der Waals surface area contributed by atoms with Crippen LogP contribution in [0.2, 0.25) is 0 Å². The molecule has 1 aromatic heterocycles. The molecular weight excluding hydrogens is 364 g/mol. The van der Waals surface area contributed by atoms with Crippen LogP contribution in [0.4, 0.5) is 0 Å². The Morgan fingerprint density at radius 3 is 2.50 bits per heavy atom. The molecule has 0 unspecified atom stereocenters. The maximum Gasteiger partial charge on any atom is 0.225 e. The molecule has 1 atom stereocenters. The first-order valence-corrected chi connectivity index (χ1v) is 8.92. The highest BCUT2D eigenvalue weighted by molar-refractivity contribution is 5.89. The third-order valence-corrected chi connectivity index (χ3v) is 4.70. The van der Waals surface area contributed by atoms with Gasteiger partial charge in [0, 0.05) is 19.5 Å². The summed E-state index contributed by atoms with van der Waals surface area (Å²) in [5, 5.41) is 2.89. The van der Waals surface area contributed by atoms with E-state index in [1.807, 2.05) is 6.07 Å². The summed E-state index contributed by atoms with van der Waals surface area (Å²) in [6.07, 6.45) is 1.76.